The van der Waals surface area contributed by atoms with Crippen LogP contribution in [0, 0.1) is 23.7 Å². The molecule has 7 nitrogen and oxygen atoms in total. The summed E-state index contributed by atoms with van der Waals surface area (Å²) in [5.41, 5.74) is 5.66. The molecule has 1 fully saturated rings. The summed E-state index contributed by atoms with van der Waals surface area (Å²) >= 11 is 3.45. The molecule has 1 aliphatic carbocycles. The van der Waals surface area contributed by atoms with E-state index in [1.807, 2.05) is 75.4 Å². The number of nitrogens with one attached hydrogen (secondary N) is 1. The molecule has 2 aliphatic rings. The molecule has 4 atom stereocenters. The summed E-state index contributed by atoms with van der Waals surface area (Å²) in [7, 11) is 0. The van der Waals surface area contributed by atoms with Crippen LogP contribution in [0.3, 0.4) is 0 Å². The quantitative estimate of drug-likeness (QED) is 0.123. The molecule has 1 saturated heterocycles. The van der Waals surface area contributed by atoms with E-state index in [2.05, 4.69) is 21.2 Å². The fourth-order valence-electron chi connectivity index (χ4n) is 6.77. The number of halogens is 1. The van der Waals surface area contributed by atoms with E-state index in [1.165, 1.54) is 4.90 Å². The van der Waals surface area contributed by atoms with E-state index in [1.54, 1.807) is 24.3 Å². The molecule has 0 saturated carbocycles. The van der Waals surface area contributed by atoms with Gasteiger partial charge in [-0.05, 0) is 91.8 Å². The first kappa shape index (κ1) is 32.7. The number of imide groups is 1. The van der Waals surface area contributed by atoms with E-state index in [0.717, 1.165) is 33.4 Å². The Labute approximate surface area is 273 Å². The Hall–Kier alpha value is -3.72. The van der Waals surface area contributed by atoms with Crippen molar-refractivity contribution in [2.24, 2.45) is 23.7 Å². The third-order valence-electron chi connectivity index (χ3n) is 9.10. The van der Waals surface area contributed by atoms with Gasteiger partial charge in [-0.25, -0.2) is 0 Å². The van der Waals surface area contributed by atoms with Crippen LogP contribution in [0.5, 0.6) is 5.75 Å². The number of allylic oxidation sites excluding steroid dienone is 2. The summed E-state index contributed by atoms with van der Waals surface area (Å²) in [6.07, 6.45) is 3.16. The van der Waals surface area contributed by atoms with Gasteiger partial charge in [0.25, 0.3) is 0 Å². The number of amides is 2. The summed E-state index contributed by atoms with van der Waals surface area (Å²) < 4.78 is 0.862. The molecule has 0 aromatic heterocycles. The number of aliphatic hydroxyl groups excluding tert-OH is 2. The lowest BCUT2D eigenvalue weighted by molar-refractivity contribution is -0.123. The Bertz CT molecular complexity index is 1600. The van der Waals surface area contributed by atoms with Crippen molar-refractivity contribution in [2.45, 2.75) is 52.6 Å². The fraction of sp³-hybridized carbons (Fsp3) is 0.351. The molecule has 5 rings (SSSR count). The number of carbonyl (C=O) groups is 2. The van der Waals surface area contributed by atoms with Crippen LogP contribution in [0.25, 0.3) is 6.08 Å². The van der Waals surface area contributed by atoms with Crippen molar-refractivity contribution >= 4 is 50.9 Å². The summed E-state index contributed by atoms with van der Waals surface area (Å²) in [5.74, 6) is -2.36. The zero-order chi connectivity index (χ0) is 32.2. The molecule has 1 aliphatic heterocycles. The van der Waals surface area contributed by atoms with Crippen LogP contribution in [0.2, 0.25) is 0 Å². The highest BCUT2D eigenvalue weighted by Gasteiger charge is 2.55. The molecule has 4 N–H and O–H groups in total. The third-order valence-corrected chi connectivity index (χ3v) is 9.60. The number of hydrogen-bond donors (Lipinski definition) is 4. The fourth-order valence-corrected chi connectivity index (χ4v) is 7.15. The number of phenols is 1. The van der Waals surface area contributed by atoms with E-state index in [0.29, 0.717) is 36.1 Å². The highest BCUT2D eigenvalue weighted by Crippen LogP contribution is 2.49. The molecule has 0 bridgehead atoms. The number of nitrogens with zero attached hydrogens (tertiary/aromatic N) is 1. The van der Waals surface area contributed by atoms with Crippen LogP contribution in [0.1, 0.15) is 52.0 Å². The van der Waals surface area contributed by atoms with E-state index < -0.39 is 23.9 Å². The number of para-hydroxylation sites is 1. The zero-order valence-corrected chi connectivity index (χ0v) is 27.5. The number of benzene rings is 3. The first-order valence-corrected chi connectivity index (χ1v) is 16.4. The highest BCUT2D eigenvalue weighted by molar-refractivity contribution is 9.10. The second-order valence-electron chi connectivity index (χ2n) is 12.2. The summed E-state index contributed by atoms with van der Waals surface area (Å²) in [6, 6.07) is 22.2. The van der Waals surface area contributed by atoms with Crippen molar-refractivity contribution in [3.8, 4) is 5.75 Å². The van der Waals surface area contributed by atoms with Gasteiger partial charge in [0.2, 0.25) is 11.8 Å². The molecular formula is C37H41BrN2O5. The van der Waals surface area contributed by atoms with E-state index >= 15 is 0 Å². The van der Waals surface area contributed by atoms with E-state index in [-0.39, 0.29) is 30.1 Å². The van der Waals surface area contributed by atoms with Gasteiger partial charge in [-0.2, -0.15) is 0 Å². The Balaban J connectivity index is 1.37. The molecule has 236 valence electrons. The maximum Gasteiger partial charge on any atom is 0.238 e. The standard InChI is InChI=1S/C37H41BrN2O5/c1-4-23(18-24-19-25(38)11-17-32(24)42)10-16-33(43)34-29(22(2)3)20-30-35(31(34)21-41)37(45)40(36(30)44)28-14-12-27(13-15-28)39-26-8-6-5-7-9-26/h5-9,11-15,17-19,22,30-31,33,35,39,41-43H,4,10,16,20-21H2,1-3H3/b23-18+/t30-,31+,33-,35-/m1/s1. The average Bonchev–Trinajstić information content (AvgIpc) is 3.29. The normalized spacial score (nSPS) is 21.0. The molecule has 0 unspecified atom stereocenters. The second-order valence-corrected chi connectivity index (χ2v) is 13.1. The van der Waals surface area contributed by atoms with Crippen molar-refractivity contribution in [3.05, 3.63) is 99.6 Å². The molecule has 45 heavy (non-hydrogen) atoms. The van der Waals surface area contributed by atoms with Crippen LogP contribution in [0.4, 0.5) is 17.1 Å². The van der Waals surface area contributed by atoms with Gasteiger partial charge in [0.05, 0.1) is 30.2 Å². The predicted molar refractivity (Wildman–Crippen MR) is 182 cm³/mol. The van der Waals surface area contributed by atoms with Gasteiger partial charge in [0.15, 0.2) is 0 Å². The number of aromatic hydroxyl groups is 1. The van der Waals surface area contributed by atoms with E-state index in [4.69, 9.17) is 0 Å². The van der Waals surface area contributed by atoms with Crippen LogP contribution in [0.15, 0.2) is 94.0 Å². The number of anilines is 3. The van der Waals surface area contributed by atoms with Gasteiger partial charge in [-0.15, -0.1) is 0 Å². The first-order valence-electron chi connectivity index (χ1n) is 15.6. The minimum Gasteiger partial charge on any atom is -0.507 e. The maximum absolute atomic E-state index is 14.0. The Kier molecular flexibility index (Phi) is 10.3. The average molecular weight is 674 g/mol. The smallest absolute Gasteiger partial charge is 0.238 e. The molecule has 3 aromatic rings. The molecule has 0 radical (unpaired) electrons. The second kappa shape index (κ2) is 14.1. The van der Waals surface area contributed by atoms with Crippen LogP contribution >= 0.6 is 15.9 Å². The van der Waals surface area contributed by atoms with Crippen molar-refractivity contribution in [2.75, 3.05) is 16.8 Å². The predicted octanol–water partition coefficient (Wildman–Crippen LogP) is 7.60. The number of rotatable bonds is 11. The highest BCUT2D eigenvalue weighted by atomic mass is 79.9. The topological polar surface area (TPSA) is 110 Å². The van der Waals surface area contributed by atoms with Gasteiger partial charge in [-0.1, -0.05) is 72.1 Å². The lowest BCUT2D eigenvalue weighted by Gasteiger charge is -2.38. The maximum atomic E-state index is 14.0. The molecule has 8 heteroatoms. The lowest BCUT2D eigenvalue weighted by Crippen LogP contribution is -2.39. The van der Waals surface area contributed by atoms with Crippen molar-refractivity contribution in [1.82, 2.24) is 0 Å². The first-order chi connectivity index (χ1) is 21.6. The minimum absolute atomic E-state index is 0.0322. The minimum atomic E-state index is -0.883. The largest absolute Gasteiger partial charge is 0.507 e. The molecule has 1 heterocycles. The van der Waals surface area contributed by atoms with Crippen molar-refractivity contribution < 1.29 is 24.9 Å². The molecule has 3 aromatic carbocycles. The lowest BCUT2D eigenvalue weighted by atomic mass is 9.66. The van der Waals surface area contributed by atoms with Crippen molar-refractivity contribution in [3.63, 3.8) is 0 Å². The van der Waals surface area contributed by atoms with Gasteiger partial charge in [0.1, 0.15) is 5.75 Å². The van der Waals surface area contributed by atoms with Crippen LogP contribution in [-0.2, 0) is 9.59 Å². The third kappa shape index (κ3) is 6.93. The Morgan fingerprint density at radius 3 is 2.36 bits per heavy atom. The van der Waals surface area contributed by atoms with Gasteiger partial charge < -0.3 is 20.6 Å². The van der Waals surface area contributed by atoms with Gasteiger partial charge in [0, 0.05) is 27.3 Å². The SMILES string of the molecule is CC/C(=C\c1cc(Br)ccc1O)CC[C@@H](O)C1=C(C(C)C)C[C@H]2C(=O)N(c3ccc(Nc4ccccc4)cc3)C(=O)[C@H]2[C@H]1CO. The zero-order valence-electron chi connectivity index (χ0n) is 25.9. The summed E-state index contributed by atoms with van der Waals surface area (Å²) in [6.45, 7) is 5.76. The molecule has 0 spiro atoms. The van der Waals surface area contributed by atoms with Crippen molar-refractivity contribution in [1.29, 1.82) is 0 Å². The van der Waals surface area contributed by atoms with Gasteiger partial charge >= 0.3 is 0 Å². The summed E-state index contributed by atoms with van der Waals surface area (Å²) in [5, 5.41) is 36.0. The Morgan fingerprint density at radius 2 is 1.71 bits per heavy atom. The van der Waals surface area contributed by atoms with E-state index in [9.17, 15) is 24.9 Å². The number of fused-ring (bicyclic) bond motifs is 1. The van der Waals surface area contributed by atoms with Crippen LogP contribution < -0.4 is 10.2 Å². The number of phenolic OH excluding ortho intramolecular Hbond substituents is 1. The number of hydrogen-bond acceptors (Lipinski definition) is 6. The monoisotopic (exact) mass is 672 g/mol. The Morgan fingerprint density at radius 1 is 1.02 bits per heavy atom. The molecular weight excluding hydrogens is 632 g/mol. The number of aliphatic hydroxyl groups is 2. The number of carbonyl (C=O) groups excluding carboxylic acids is 2. The van der Waals surface area contributed by atoms with Crippen LogP contribution in [-0.4, -0.2) is 39.8 Å². The molecule has 2 amide bonds. The van der Waals surface area contributed by atoms with Gasteiger partial charge in [-0.3, -0.25) is 14.5 Å². The summed E-state index contributed by atoms with van der Waals surface area (Å²) in [4.78, 5) is 29.0.